The van der Waals surface area contributed by atoms with Crippen LogP contribution in [-0.2, 0) is 17.7 Å². The van der Waals surface area contributed by atoms with Crippen LogP contribution in [0, 0.1) is 0 Å². The molecule has 0 fully saturated rings. The Kier molecular flexibility index (Phi) is 6.84. The van der Waals surface area contributed by atoms with E-state index in [-0.39, 0.29) is 6.04 Å². The van der Waals surface area contributed by atoms with Crippen LogP contribution in [0.5, 0.6) is 0 Å². The normalized spacial score (nSPS) is 12.9. The highest BCUT2D eigenvalue weighted by Crippen LogP contribution is 2.05. The summed E-state index contributed by atoms with van der Waals surface area (Å²) in [6.07, 6.45) is 6.74. The number of hydrogen-bond acceptors (Lipinski definition) is 4. The maximum absolute atomic E-state index is 5.55. The Labute approximate surface area is 103 Å². The van der Waals surface area contributed by atoms with Gasteiger partial charge in [-0.05, 0) is 19.8 Å². The van der Waals surface area contributed by atoms with Crippen LogP contribution in [0.15, 0.2) is 12.4 Å². The molecule has 17 heavy (non-hydrogen) atoms. The fraction of sp³-hybridized carbons (Fsp3) is 0.750. The summed E-state index contributed by atoms with van der Waals surface area (Å²) < 4.78 is 7.53. The number of hydrazine groups is 1. The van der Waals surface area contributed by atoms with Crippen LogP contribution in [0.25, 0.3) is 0 Å². The van der Waals surface area contributed by atoms with Crippen molar-refractivity contribution in [2.75, 3.05) is 13.2 Å². The number of aryl methyl sites for hydroxylation is 1. The van der Waals surface area contributed by atoms with Crippen molar-refractivity contribution in [2.24, 2.45) is 5.84 Å². The summed E-state index contributed by atoms with van der Waals surface area (Å²) in [6.45, 7) is 6.66. The average molecular weight is 240 g/mol. The lowest BCUT2D eigenvalue weighted by molar-refractivity contribution is 0.136. The molecule has 1 rings (SSSR count). The number of nitrogens with one attached hydrogen (secondary N) is 1. The summed E-state index contributed by atoms with van der Waals surface area (Å²) in [7, 11) is 0. The molecule has 1 aromatic rings. The van der Waals surface area contributed by atoms with E-state index in [0.29, 0.717) is 0 Å². The minimum atomic E-state index is 0.222. The maximum atomic E-state index is 5.55. The second-order valence-electron chi connectivity index (χ2n) is 4.09. The predicted octanol–water partition coefficient (Wildman–Crippen LogP) is 1.09. The molecule has 5 heteroatoms. The number of ether oxygens (including phenoxy) is 1. The number of nitrogens with two attached hydrogens (primary N) is 1. The summed E-state index contributed by atoms with van der Waals surface area (Å²) in [5.74, 6) is 6.64. The van der Waals surface area contributed by atoms with Crippen LogP contribution >= 0.6 is 0 Å². The Morgan fingerprint density at radius 3 is 3.00 bits per heavy atom. The van der Waals surface area contributed by atoms with Crippen LogP contribution in [0.4, 0.5) is 0 Å². The van der Waals surface area contributed by atoms with Gasteiger partial charge >= 0.3 is 0 Å². The highest BCUT2D eigenvalue weighted by Gasteiger charge is 2.11. The molecular weight excluding hydrogens is 216 g/mol. The molecule has 0 aromatic carbocycles. The van der Waals surface area contributed by atoms with Crippen molar-refractivity contribution >= 4 is 0 Å². The lowest BCUT2D eigenvalue weighted by atomic mass is 10.1. The van der Waals surface area contributed by atoms with Gasteiger partial charge in [-0.1, -0.05) is 6.92 Å². The van der Waals surface area contributed by atoms with Crippen molar-refractivity contribution in [3.05, 3.63) is 18.2 Å². The summed E-state index contributed by atoms with van der Waals surface area (Å²) in [6, 6.07) is 0.222. The number of imidazole rings is 1. The predicted molar refractivity (Wildman–Crippen MR) is 68.4 cm³/mol. The van der Waals surface area contributed by atoms with E-state index in [1.165, 1.54) is 0 Å². The molecule has 0 aliphatic rings. The van der Waals surface area contributed by atoms with Crippen LogP contribution in [-0.4, -0.2) is 28.8 Å². The van der Waals surface area contributed by atoms with Crippen molar-refractivity contribution in [1.82, 2.24) is 15.0 Å². The molecule has 1 aromatic heterocycles. The Morgan fingerprint density at radius 2 is 2.35 bits per heavy atom. The van der Waals surface area contributed by atoms with E-state index in [4.69, 9.17) is 10.6 Å². The zero-order chi connectivity index (χ0) is 12.5. The minimum Gasteiger partial charge on any atom is -0.382 e. The monoisotopic (exact) mass is 240 g/mol. The van der Waals surface area contributed by atoms with Gasteiger partial charge in [-0.3, -0.25) is 11.3 Å². The molecule has 1 atom stereocenters. The van der Waals surface area contributed by atoms with Gasteiger partial charge in [-0.25, -0.2) is 4.98 Å². The number of nitrogens with zero attached hydrogens (tertiary/aromatic N) is 2. The molecule has 0 aliphatic carbocycles. The van der Waals surface area contributed by atoms with Gasteiger partial charge in [-0.2, -0.15) is 0 Å². The number of rotatable bonds is 9. The molecule has 0 radical (unpaired) electrons. The first-order valence-electron chi connectivity index (χ1n) is 6.35. The van der Waals surface area contributed by atoms with Crippen LogP contribution in [0.2, 0.25) is 0 Å². The standard InChI is InChI=1S/C12H24N4O/c1-3-7-16-8-6-14-12(16)10-11(15-13)5-9-17-4-2/h6,8,11,15H,3-5,7,9-10,13H2,1-2H3. The largest absolute Gasteiger partial charge is 0.382 e. The van der Waals surface area contributed by atoms with Gasteiger partial charge in [0.05, 0.1) is 0 Å². The molecule has 0 amide bonds. The van der Waals surface area contributed by atoms with Gasteiger partial charge in [0.25, 0.3) is 0 Å². The second kappa shape index (κ2) is 8.22. The van der Waals surface area contributed by atoms with Crippen LogP contribution in [0.3, 0.4) is 0 Å². The van der Waals surface area contributed by atoms with E-state index >= 15 is 0 Å². The molecule has 0 saturated heterocycles. The molecular formula is C12H24N4O. The summed E-state index contributed by atoms with van der Waals surface area (Å²) in [5.41, 5.74) is 2.84. The Hall–Kier alpha value is -0.910. The Morgan fingerprint density at radius 1 is 1.53 bits per heavy atom. The molecule has 0 aliphatic heterocycles. The molecule has 1 unspecified atom stereocenters. The van der Waals surface area contributed by atoms with Crippen molar-refractivity contribution in [2.45, 2.75) is 45.7 Å². The molecule has 3 N–H and O–H groups in total. The van der Waals surface area contributed by atoms with Gasteiger partial charge in [0.2, 0.25) is 0 Å². The van der Waals surface area contributed by atoms with Crippen molar-refractivity contribution in [3.8, 4) is 0 Å². The van der Waals surface area contributed by atoms with Crippen molar-refractivity contribution < 1.29 is 4.74 Å². The van der Waals surface area contributed by atoms with E-state index in [9.17, 15) is 0 Å². The lowest BCUT2D eigenvalue weighted by Gasteiger charge is -2.16. The van der Waals surface area contributed by atoms with Crippen LogP contribution < -0.4 is 11.3 Å². The third-order valence-electron chi connectivity index (χ3n) is 2.75. The van der Waals surface area contributed by atoms with Gasteiger partial charge in [0.15, 0.2) is 0 Å². The smallest absolute Gasteiger partial charge is 0.110 e. The van der Waals surface area contributed by atoms with Crippen LogP contribution in [0.1, 0.15) is 32.5 Å². The first kappa shape index (κ1) is 14.2. The van der Waals surface area contributed by atoms with E-state index in [1.54, 1.807) is 0 Å². The highest BCUT2D eigenvalue weighted by atomic mass is 16.5. The quantitative estimate of drug-likeness (QED) is 0.385. The van der Waals surface area contributed by atoms with Crippen molar-refractivity contribution in [1.29, 1.82) is 0 Å². The average Bonchev–Trinajstić information content (AvgIpc) is 2.76. The van der Waals surface area contributed by atoms with Gasteiger partial charge in [0, 0.05) is 44.6 Å². The van der Waals surface area contributed by atoms with E-state index < -0.39 is 0 Å². The Balaban J connectivity index is 2.45. The van der Waals surface area contributed by atoms with Gasteiger partial charge in [0.1, 0.15) is 5.82 Å². The van der Waals surface area contributed by atoms with E-state index in [2.05, 4.69) is 21.9 Å². The van der Waals surface area contributed by atoms with E-state index in [0.717, 1.165) is 44.8 Å². The Bertz CT molecular complexity index is 300. The van der Waals surface area contributed by atoms with Gasteiger partial charge in [-0.15, -0.1) is 0 Å². The van der Waals surface area contributed by atoms with Crippen molar-refractivity contribution in [3.63, 3.8) is 0 Å². The summed E-state index contributed by atoms with van der Waals surface area (Å²) in [5, 5.41) is 0. The third-order valence-corrected chi connectivity index (χ3v) is 2.75. The molecule has 5 nitrogen and oxygen atoms in total. The fourth-order valence-corrected chi connectivity index (χ4v) is 1.81. The minimum absolute atomic E-state index is 0.222. The third kappa shape index (κ3) is 4.85. The summed E-state index contributed by atoms with van der Waals surface area (Å²) >= 11 is 0. The lowest BCUT2D eigenvalue weighted by Crippen LogP contribution is -2.38. The molecule has 1 heterocycles. The zero-order valence-corrected chi connectivity index (χ0v) is 10.9. The first-order chi connectivity index (χ1) is 8.31. The molecule has 0 bridgehead atoms. The number of hydrogen-bond donors (Lipinski definition) is 2. The molecule has 0 saturated carbocycles. The molecule has 98 valence electrons. The highest BCUT2D eigenvalue weighted by molar-refractivity contribution is 4.95. The fourth-order valence-electron chi connectivity index (χ4n) is 1.81. The second-order valence-corrected chi connectivity index (χ2v) is 4.09. The topological polar surface area (TPSA) is 65.1 Å². The summed E-state index contributed by atoms with van der Waals surface area (Å²) in [4.78, 5) is 4.38. The maximum Gasteiger partial charge on any atom is 0.110 e. The molecule has 0 spiro atoms. The van der Waals surface area contributed by atoms with E-state index in [1.807, 2.05) is 19.3 Å². The first-order valence-corrected chi connectivity index (χ1v) is 6.35. The van der Waals surface area contributed by atoms with Gasteiger partial charge < -0.3 is 9.30 Å². The zero-order valence-electron chi connectivity index (χ0n) is 10.9. The SMILES string of the molecule is CCCn1ccnc1CC(CCOCC)NN. The number of aromatic nitrogens is 2.